The predicted octanol–water partition coefficient (Wildman–Crippen LogP) is 1.62. The molecule has 0 atom stereocenters. The van der Waals surface area contributed by atoms with Gasteiger partial charge in [-0.25, -0.2) is 0 Å². The lowest BCUT2D eigenvalue weighted by molar-refractivity contribution is 0.0910. The second-order valence-electron chi connectivity index (χ2n) is 3.75. The number of nitrogens with two attached hydrogens (primary N) is 1. The molecule has 3 nitrogen and oxygen atoms in total. The Labute approximate surface area is 83.9 Å². The maximum atomic E-state index is 11.8. The molecule has 0 heterocycles. The molecule has 2 N–H and O–H groups in total. The number of para-hydroxylation sites is 1. The van der Waals surface area contributed by atoms with Gasteiger partial charge < -0.3 is 10.5 Å². The fourth-order valence-corrected chi connectivity index (χ4v) is 1.18. The molecule has 0 aromatic heterocycles. The molecule has 14 heavy (non-hydrogen) atoms. The van der Waals surface area contributed by atoms with Gasteiger partial charge in [0.15, 0.2) is 5.78 Å². The van der Waals surface area contributed by atoms with Crippen LogP contribution in [0.2, 0.25) is 0 Å². The molecule has 76 valence electrons. The number of ketones is 1. The molecular formula is C11H15NO2. The number of Topliss-reactive ketones (excluding diaryl/α,β-unsaturated/α-hetero) is 1. The van der Waals surface area contributed by atoms with E-state index in [1.807, 2.05) is 6.07 Å². The van der Waals surface area contributed by atoms with Gasteiger partial charge in [-0.2, -0.15) is 0 Å². The van der Waals surface area contributed by atoms with Crippen LogP contribution in [0.1, 0.15) is 24.2 Å². The van der Waals surface area contributed by atoms with Gasteiger partial charge in [0.05, 0.1) is 18.2 Å². The highest BCUT2D eigenvalue weighted by Crippen LogP contribution is 2.21. The smallest absolute Gasteiger partial charge is 0.185 e. The van der Waals surface area contributed by atoms with E-state index in [9.17, 15) is 4.79 Å². The summed E-state index contributed by atoms with van der Waals surface area (Å²) in [5, 5.41) is 0. The zero-order chi connectivity index (χ0) is 10.8. The third kappa shape index (κ3) is 2.12. The van der Waals surface area contributed by atoms with Gasteiger partial charge in [-0.15, -0.1) is 0 Å². The molecule has 0 saturated heterocycles. The van der Waals surface area contributed by atoms with E-state index in [1.165, 1.54) is 7.11 Å². The average Bonchev–Trinajstić information content (AvgIpc) is 2.15. The van der Waals surface area contributed by atoms with Crippen LogP contribution in [0, 0.1) is 0 Å². The van der Waals surface area contributed by atoms with E-state index in [-0.39, 0.29) is 5.78 Å². The van der Waals surface area contributed by atoms with E-state index in [4.69, 9.17) is 10.5 Å². The number of hydrogen-bond donors (Lipinski definition) is 1. The topological polar surface area (TPSA) is 52.3 Å². The second kappa shape index (κ2) is 3.80. The molecule has 1 rings (SSSR count). The van der Waals surface area contributed by atoms with E-state index < -0.39 is 5.54 Å². The molecule has 0 aliphatic carbocycles. The van der Waals surface area contributed by atoms with Gasteiger partial charge in [-0.3, -0.25) is 4.79 Å². The van der Waals surface area contributed by atoms with Gasteiger partial charge in [-0.05, 0) is 26.0 Å². The minimum atomic E-state index is -0.866. The van der Waals surface area contributed by atoms with Gasteiger partial charge in [-0.1, -0.05) is 12.1 Å². The summed E-state index contributed by atoms with van der Waals surface area (Å²) in [6.07, 6.45) is 0. The minimum absolute atomic E-state index is 0.116. The molecule has 0 bridgehead atoms. The van der Waals surface area contributed by atoms with Crippen molar-refractivity contribution in [3.05, 3.63) is 29.8 Å². The van der Waals surface area contributed by atoms with E-state index in [0.717, 1.165) is 0 Å². The Morgan fingerprint density at radius 1 is 1.36 bits per heavy atom. The molecule has 0 amide bonds. The van der Waals surface area contributed by atoms with Crippen molar-refractivity contribution in [3.63, 3.8) is 0 Å². The van der Waals surface area contributed by atoms with Crippen LogP contribution in [-0.2, 0) is 0 Å². The van der Waals surface area contributed by atoms with E-state index in [1.54, 1.807) is 32.0 Å². The first-order chi connectivity index (χ1) is 6.46. The lowest BCUT2D eigenvalue weighted by Crippen LogP contribution is -2.41. The largest absolute Gasteiger partial charge is 0.496 e. The third-order valence-corrected chi connectivity index (χ3v) is 1.94. The van der Waals surface area contributed by atoms with Crippen molar-refractivity contribution in [2.24, 2.45) is 5.73 Å². The predicted molar refractivity (Wildman–Crippen MR) is 55.6 cm³/mol. The van der Waals surface area contributed by atoms with Crippen LogP contribution < -0.4 is 10.5 Å². The molecule has 0 radical (unpaired) electrons. The zero-order valence-corrected chi connectivity index (χ0v) is 8.70. The van der Waals surface area contributed by atoms with Crippen molar-refractivity contribution < 1.29 is 9.53 Å². The number of methoxy groups -OCH3 is 1. The summed E-state index contributed by atoms with van der Waals surface area (Å²) < 4.78 is 5.09. The SMILES string of the molecule is COc1ccccc1C(=O)C(C)(C)N. The summed E-state index contributed by atoms with van der Waals surface area (Å²) in [6.45, 7) is 3.36. The molecule has 0 spiro atoms. The van der Waals surface area contributed by atoms with Crippen LogP contribution in [0.4, 0.5) is 0 Å². The molecule has 0 fully saturated rings. The Balaban J connectivity index is 3.13. The average molecular weight is 193 g/mol. The second-order valence-corrected chi connectivity index (χ2v) is 3.75. The van der Waals surface area contributed by atoms with Gasteiger partial charge >= 0.3 is 0 Å². The summed E-state index contributed by atoms with van der Waals surface area (Å²) in [5.74, 6) is 0.450. The maximum absolute atomic E-state index is 11.8. The molecule has 0 aliphatic rings. The van der Waals surface area contributed by atoms with Crippen LogP contribution in [0.5, 0.6) is 5.75 Å². The maximum Gasteiger partial charge on any atom is 0.185 e. The first kappa shape index (κ1) is 10.7. The summed E-state index contributed by atoms with van der Waals surface area (Å²) in [4.78, 5) is 11.8. The minimum Gasteiger partial charge on any atom is -0.496 e. The Hall–Kier alpha value is -1.35. The summed E-state index contributed by atoms with van der Waals surface area (Å²) in [7, 11) is 1.54. The molecule has 0 aliphatic heterocycles. The lowest BCUT2D eigenvalue weighted by Gasteiger charge is -2.18. The van der Waals surface area contributed by atoms with Crippen molar-refractivity contribution >= 4 is 5.78 Å². The molecule has 0 saturated carbocycles. The number of rotatable bonds is 3. The van der Waals surface area contributed by atoms with Gasteiger partial charge in [0.25, 0.3) is 0 Å². The first-order valence-electron chi connectivity index (χ1n) is 4.43. The van der Waals surface area contributed by atoms with Crippen molar-refractivity contribution in [3.8, 4) is 5.75 Å². The lowest BCUT2D eigenvalue weighted by atomic mass is 9.94. The normalized spacial score (nSPS) is 11.1. The van der Waals surface area contributed by atoms with Gasteiger partial charge in [0.2, 0.25) is 0 Å². The zero-order valence-electron chi connectivity index (χ0n) is 8.70. The van der Waals surface area contributed by atoms with Crippen LogP contribution in [-0.4, -0.2) is 18.4 Å². The fraction of sp³-hybridized carbons (Fsp3) is 0.364. The van der Waals surface area contributed by atoms with Gasteiger partial charge in [0.1, 0.15) is 5.75 Å². The van der Waals surface area contributed by atoms with Crippen LogP contribution in [0.25, 0.3) is 0 Å². The quantitative estimate of drug-likeness (QED) is 0.742. The number of hydrogen-bond acceptors (Lipinski definition) is 3. The van der Waals surface area contributed by atoms with Crippen molar-refractivity contribution in [1.29, 1.82) is 0 Å². The molecule has 0 unspecified atom stereocenters. The number of carbonyl (C=O) groups excluding carboxylic acids is 1. The Morgan fingerprint density at radius 2 is 1.93 bits per heavy atom. The highest BCUT2D eigenvalue weighted by atomic mass is 16.5. The fourth-order valence-electron chi connectivity index (χ4n) is 1.18. The number of ether oxygens (including phenoxy) is 1. The van der Waals surface area contributed by atoms with Gasteiger partial charge in [0, 0.05) is 0 Å². The molecule has 1 aromatic carbocycles. The Bertz CT molecular complexity index is 339. The highest BCUT2D eigenvalue weighted by Gasteiger charge is 2.25. The van der Waals surface area contributed by atoms with E-state index in [2.05, 4.69) is 0 Å². The summed E-state index contributed by atoms with van der Waals surface area (Å²) in [5.41, 5.74) is 5.39. The van der Waals surface area contributed by atoms with Crippen LogP contribution >= 0.6 is 0 Å². The van der Waals surface area contributed by atoms with Crippen LogP contribution in [0.3, 0.4) is 0 Å². The third-order valence-electron chi connectivity index (χ3n) is 1.94. The van der Waals surface area contributed by atoms with Crippen molar-refractivity contribution in [1.82, 2.24) is 0 Å². The van der Waals surface area contributed by atoms with Crippen LogP contribution in [0.15, 0.2) is 24.3 Å². The monoisotopic (exact) mass is 193 g/mol. The molecule has 1 aromatic rings. The molecule has 3 heteroatoms. The van der Waals surface area contributed by atoms with E-state index >= 15 is 0 Å². The summed E-state index contributed by atoms with van der Waals surface area (Å²) in [6, 6.07) is 7.08. The number of carbonyl (C=O) groups is 1. The molecular weight excluding hydrogens is 178 g/mol. The highest BCUT2D eigenvalue weighted by molar-refractivity contribution is 6.04. The van der Waals surface area contributed by atoms with Crippen molar-refractivity contribution in [2.75, 3.05) is 7.11 Å². The first-order valence-corrected chi connectivity index (χ1v) is 4.43. The van der Waals surface area contributed by atoms with Crippen molar-refractivity contribution in [2.45, 2.75) is 19.4 Å². The Kier molecular flexibility index (Phi) is 2.91. The Morgan fingerprint density at radius 3 is 2.43 bits per heavy atom. The van der Waals surface area contributed by atoms with E-state index in [0.29, 0.717) is 11.3 Å². The standard InChI is InChI=1S/C11H15NO2/c1-11(2,12)10(13)8-6-4-5-7-9(8)14-3/h4-7H,12H2,1-3H3. The summed E-state index contributed by atoms with van der Waals surface area (Å²) >= 11 is 0. The number of benzene rings is 1.